The molecule has 0 spiro atoms. The fourth-order valence-electron chi connectivity index (χ4n) is 3.79. The van der Waals surface area contributed by atoms with Crippen LogP contribution in [0.1, 0.15) is 21.7 Å². The lowest BCUT2D eigenvalue weighted by molar-refractivity contribution is 0.102. The van der Waals surface area contributed by atoms with Gasteiger partial charge in [-0.05, 0) is 80.1 Å². The van der Waals surface area contributed by atoms with E-state index < -0.39 is 0 Å². The molecule has 0 radical (unpaired) electrons. The molecule has 3 aromatic carbocycles. The Labute approximate surface area is 200 Å². The van der Waals surface area contributed by atoms with Gasteiger partial charge in [0.25, 0.3) is 11.5 Å². The molecular formula is C27H21N5O3. The number of aryl methyl sites for hydroxylation is 2. The van der Waals surface area contributed by atoms with E-state index >= 15 is 0 Å². The second-order valence-electron chi connectivity index (χ2n) is 7.93. The number of fused-ring (bicyclic) bond motifs is 1. The van der Waals surface area contributed by atoms with Crippen molar-refractivity contribution in [3.05, 3.63) is 112 Å². The van der Waals surface area contributed by atoms with Crippen LogP contribution in [-0.2, 0) is 0 Å². The Hall–Kier alpha value is -4.85. The van der Waals surface area contributed by atoms with Gasteiger partial charge in [-0.3, -0.25) is 14.2 Å². The van der Waals surface area contributed by atoms with E-state index in [1.165, 1.54) is 0 Å². The number of anilines is 1. The van der Waals surface area contributed by atoms with Crippen LogP contribution in [0.4, 0.5) is 5.69 Å². The zero-order valence-electron chi connectivity index (χ0n) is 19.1. The Balaban J connectivity index is 1.35. The third kappa shape index (κ3) is 4.49. The lowest BCUT2D eigenvalue weighted by Crippen LogP contribution is -2.22. The first-order valence-corrected chi connectivity index (χ1v) is 11.0. The summed E-state index contributed by atoms with van der Waals surface area (Å²) in [6.07, 6.45) is 3.20. The third-order valence-corrected chi connectivity index (χ3v) is 5.53. The Morgan fingerprint density at radius 2 is 1.66 bits per heavy atom. The molecule has 1 amide bonds. The van der Waals surface area contributed by atoms with Crippen molar-refractivity contribution in [2.24, 2.45) is 0 Å². The monoisotopic (exact) mass is 463 g/mol. The van der Waals surface area contributed by atoms with Crippen molar-refractivity contribution in [1.29, 1.82) is 0 Å². The van der Waals surface area contributed by atoms with E-state index in [0.717, 1.165) is 5.56 Å². The normalized spacial score (nSPS) is 10.8. The topological polar surface area (TPSA) is 99.0 Å². The van der Waals surface area contributed by atoms with E-state index in [-0.39, 0.29) is 17.5 Å². The molecule has 0 aliphatic rings. The van der Waals surface area contributed by atoms with Gasteiger partial charge in [-0.25, -0.2) is 15.0 Å². The zero-order valence-corrected chi connectivity index (χ0v) is 19.1. The molecule has 0 saturated heterocycles. The highest BCUT2D eigenvalue weighted by molar-refractivity contribution is 6.04. The molecule has 0 atom stereocenters. The largest absolute Gasteiger partial charge is 0.424 e. The van der Waals surface area contributed by atoms with Crippen LogP contribution in [0.3, 0.4) is 0 Å². The number of amides is 1. The molecule has 0 bridgehead atoms. The number of carbonyl (C=O) groups is 1. The molecule has 8 heteroatoms. The summed E-state index contributed by atoms with van der Waals surface area (Å²) in [7, 11) is 0. The highest BCUT2D eigenvalue weighted by Crippen LogP contribution is 2.25. The van der Waals surface area contributed by atoms with Gasteiger partial charge < -0.3 is 10.1 Å². The van der Waals surface area contributed by atoms with E-state index in [2.05, 4.69) is 20.3 Å². The molecule has 0 unspecified atom stereocenters. The molecule has 0 fully saturated rings. The molecule has 0 aliphatic heterocycles. The summed E-state index contributed by atoms with van der Waals surface area (Å²) in [4.78, 5) is 38.5. The first kappa shape index (κ1) is 22.0. The average Bonchev–Trinajstić information content (AvgIpc) is 2.87. The van der Waals surface area contributed by atoms with E-state index in [0.29, 0.717) is 39.4 Å². The lowest BCUT2D eigenvalue weighted by atomic mass is 10.1. The molecule has 0 aliphatic carbocycles. The van der Waals surface area contributed by atoms with Crippen LogP contribution in [0, 0.1) is 13.8 Å². The molecule has 8 nitrogen and oxygen atoms in total. The quantitative estimate of drug-likeness (QED) is 0.401. The number of carbonyl (C=O) groups excluding carboxylic acids is 1. The summed E-state index contributed by atoms with van der Waals surface area (Å²) in [5.41, 5.74) is 3.10. The number of nitrogens with one attached hydrogen (secondary N) is 1. The molecule has 1 N–H and O–H groups in total. The van der Waals surface area contributed by atoms with Gasteiger partial charge in [-0.1, -0.05) is 12.1 Å². The number of benzene rings is 3. The number of aromatic nitrogens is 4. The fraction of sp³-hybridized carbons (Fsp3) is 0.0741. The molecular weight excluding hydrogens is 442 g/mol. The summed E-state index contributed by atoms with van der Waals surface area (Å²) < 4.78 is 7.18. The fourth-order valence-corrected chi connectivity index (χ4v) is 3.79. The van der Waals surface area contributed by atoms with Gasteiger partial charge in [0.05, 0.1) is 16.6 Å². The van der Waals surface area contributed by atoms with E-state index in [4.69, 9.17) is 4.74 Å². The van der Waals surface area contributed by atoms with E-state index in [1.54, 1.807) is 78.5 Å². The van der Waals surface area contributed by atoms with Crippen LogP contribution in [0.2, 0.25) is 0 Å². The third-order valence-electron chi connectivity index (χ3n) is 5.53. The molecule has 5 rings (SSSR count). The predicted molar refractivity (Wildman–Crippen MR) is 133 cm³/mol. The van der Waals surface area contributed by atoms with E-state index in [1.807, 2.05) is 25.1 Å². The van der Waals surface area contributed by atoms with Gasteiger partial charge in [0.2, 0.25) is 0 Å². The van der Waals surface area contributed by atoms with Crippen LogP contribution < -0.4 is 15.6 Å². The lowest BCUT2D eigenvalue weighted by Gasteiger charge is -2.12. The summed E-state index contributed by atoms with van der Waals surface area (Å²) in [5, 5.41) is 3.46. The SMILES string of the molecule is Cc1cc(Oc2ncccn2)ccc1NC(=O)c1ccc(-n2c(C)nc3ccccc3c2=O)cc1. The minimum atomic E-state index is -0.264. The maximum Gasteiger partial charge on any atom is 0.321 e. The van der Waals surface area contributed by atoms with Gasteiger partial charge in [0.15, 0.2) is 0 Å². The van der Waals surface area contributed by atoms with Crippen LogP contribution in [0.25, 0.3) is 16.6 Å². The minimum absolute atomic E-state index is 0.149. The van der Waals surface area contributed by atoms with Gasteiger partial charge in [0.1, 0.15) is 11.6 Å². The van der Waals surface area contributed by atoms with Crippen LogP contribution in [0.5, 0.6) is 11.8 Å². The van der Waals surface area contributed by atoms with Crippen LogP contribution in [0.15, 0.2) is 90.0 Å². The second-order valence-corrected chi connectivity index (χ2v) is 7.93. The van der Waals surface area contributed by atoms with Crippen molar-refractivity contribution in [3.8, 4) is 17.4 Å². The number of hydrogen-bond acceptors (Lipinski definition) is 6. The number of hydrogen-bond donors (Lipinski definition) is 1. The average molecular weight is 463 g/mol. The summed E-state index contributed by atoms with van der Waals surface area (Å²) >= 11 is 0. The van der Waals surface area contributed by atoms with Crippen LogP contribution in [-0.4, -0.2) is 25.4 Å². The standard InChI is InChI=1S/C27H21N5O3/c1-17-16-21(35-27-28-14-5-15-29-27)12-13-23(17)31-25(33)19-8-10-20(11-9-19)32-18(2)30-24-7-4-3-6-22(24)26(32)34/h3-16H,1-2H3,(H,31,33). The molecule has 2 heterocycles. The number of ether oxygens (including phenoxy) is 1. The molecule has 2 aromatic heterocycles. The summed E-state index contributed by atoms with van der Waals surface area (Å²) in [5.74, 6) is 0.881. The number of nitrogens with zero attached hydrogens (tertiary/aromatic N) is 4. The van der Waals surface area contributed by atoms with Gasteiger partial charge in [-0.15, -0.1) is 0 Å². The van der Waals surface area contributed by atoms with Crippen LogP contribution >= 0.6 is 0 Å². The Morgan fingerprint density at radius 1 is 0.914 bits per heavy atom. The first-order chi connectivity index (χ1) is 17.0. The summed E-state index contributed by atoms with van der Waals surface area (Å²) in [6.45, 7) is 3.66. The van der Waals surface area contributed by atoms with Crippen molar-refractivity contribution >= 4 is 22.5 Å². The number of rotatable bonds is 5. The zero-order chi connectivity index (χ0) is 24.4. The van der Waals surface area contributed by atoms with Gasteiger partial charge in [0, 0.05) is 23.6 Å². The molecule has 5 aromatic rings. The predicted octanol–water partition coefficient (Wildman–Crippen LogP) is 4.84. The Bertz CT molecular complexity index is 1600. The van der Waals surface area contributed by atoms with E-state index in [9.17, 15) is 9.59 Å². The highest BCUT2D eigenvalue weighted by Gasteiger charge is 2.12. The number of para-hydroxylation sites is 1. The first-order valence-electron chi connectivity index (χ1n) is 11.0. The minimum Gasteiger partial charge on any atom is -0.424 e. The van der Waals surface area contributed by atoms with Crippen molar-refractivity contribution in [1.82, 2.24) is 19.5 Å². The molecule has 35 heavy (non-hydrogen) atoms. The molecule has 0 saturated carbocycles. The summed E-state index contributed by atoms with van der Waals surface area (Å²) in [6, 6.07) is 21.4. The maximum atomic E-state index is 13.0. The maximum absolute atomic E-state index is 13.0. The smallest absolute Gasteiger partial charge is 0.321 e. The Morgan fingerprint density at radius 3 is 2.40 bits per heavy atom. The van der Waals surface area contributed by atoms with Crippen molar-refractivity contribution < 1.29 is 9.53 Å². The van der Waals surface area contributed by atoms with Gasteiger partial charge >= 0.3 is 6.01 Å². The second kappa shape index (κ2) is 9.18. The Kier molecular flexibility index (Phi) is 5.76. The van der Waals surface area contributed by atoms with Crippen molar-refractivity contribution in [2.75, 3.05) is 5.32 Å². The highest BCUT2D eigenvalue weighted by atomic mass is 16.5. The van der Waals surface area contributed by atoms with Crippen molar-refractivity contribution in [2.45, 2.75) is 13.8 Å². The molecule has 172 valence electrons. The van der Waals surface area contributed by atoms with Gasteiger partial charge in [-0.2, -0.15) is 0 Å². The van der Waals surface area contributed by atoms with Crippen molar-refractivity contribution in [3.63, 3.8) is 0 Å².